The zero-order valence-electron chi connectivity index (χ0n) is 9.11. The van der Waals surface area contributed by atoms with Gasteiger partial charge in [0.2, 0.25) is 0 Å². The van der Waals surface area contributed by atoms with Crippen molar-refractivity contribution in [3.05, 3.63) is 28.6 Å². The maximum absolute atomic E-state index is 5.90. The highest BCUT2D eigenvalue weighted by Gasteiger charge is 2.20. The Bertz CT molecular complexity index is 531. The largest absolute Gasteiger partial charge is 0.489 e. The molecule has 1 saturated carbocycles. The van der Waals surface area contributed by atoms with Crippen molar-refractivity contribution in [1.29, 1.82) is 0 Å². The van der Waals surface area contributed by atoms with Crippen LogP contribution < -0.4 is 4.74 Å². The summed E-state index contributed by atoms with van der Waals surface area (Å²) in [6.45, 7) is 1.99. The number of pyridine rings is 1. The van der Waals surface area contributed by atoms with Gasteiger partial charge in [-0.2, -0.15) is 0 Å². The molecule has 0 aliphatic heterocycles. The maximum atomic E-state index is 5.90. The third-order valence-electron chi connectivity index (χ3n) is 2.98. The molecule has 3 rings (SSSR count). The number of ether oxygens (including phenoxy) is 1. The molecule has 4 heteroatoms. The fraction of sp³-hybridized carbons (Fsp3) is 0.417. The van der Waals surface area contributed by atoms with E-state index in [0.717, 1.165) is 21.6 Å². The lowest BCUT2D eigenvalue weighted by Gasteiger charge is -2.26. The standard InChI is InChI=1S/C12H13BrN2O/c1-8-6-15-7-10(13)11(5-12(15)14-8)16-9-3-2-4-9/h5-7,9H,2-4H2,1H3. The number of rotatable bonds is 2. The summed E-state index contributed by atoms with van der Waals surface area (Å²) < 4.78 is 8.90. The van der Waals surface area contributed by atoms with Gasteiger partial charge in [-0.3, -0.25) is 0 Å². The summed E-state index contributed by atoms with van der Waals surface area (Å²) in [6, 6.07) is 2.00. The van der Waals surface area contributed by atoms with E-state index >= 15 is 0 Å². The lowest BCUT2D eigenvalue weighted by atomic mass is 9.96. The van der Waals surface area contributed by atoms with Gasteiger partial charge in [0.1, 0.15) is 11.4 Å². The molecule has 0 amide bonds. The number of nitrogens with zero attached hydrogens (tertiary/aromatic N) is 2. The van der Waals surface area contributed by atoms with Crippen molar-refractivity contribution < 1.29 is 4.74 Å². The summed E-state index contributed by atoms with van der Waals surface area (Å²) >= 11 is 3.53. The summed E-state index contributed by atoms with van der Waals surface area (Å²) in [7, 11) is 0. The van der Waals surface area contributed by atoms with E-state index in [2.05, 4.69) is 20.9 Å². The van der Waals surface area contributed by atoms with Crippen LogP contribution in [0.15, 0.2) is 22.9 Å². The van der Waals surface area contributed by atoms with Crippen LogP contribution in [0.4, 0.5) is 0 Å². The van der Waals surface area contributed by atoms with Crippen molar-refractivity contribution in [3.8, 4) is 5.75 Å². The highest BCUT2D eigenvalue weighted by molar-refractivity contribution is 9.10. The van der Waals surface area contributed by atoms with Gasteiger partial charge in [-0.15, -0.1) is 0 Å². The van der Waals surface area contributed by atoms with E-state index in [9.17, 15) is 0 Å². The third-order valence-corrected chi connectivity index (χ3v) is 3.57. The second kappa shape index (κ2) is 3.77. The van der Waals surface area contributed by atoms with E-state index in [0.29, 0.717) is 6.10 Å². The van der Waals surface area contributed by atoms with E-state index in [1.165, 1.54) is 19.3 Å². The lowest BCUT2D eigenvalue weighted by Crippen LogP contribution is -2.24. The Morgan fingerprint density at radius 3 is 2.94 bits per heavy atom. The minimum atomic E-state index is 0.398. The molecular formula is C12H13BrN2O. The molecule has 2 aromatic rings. The molecule has 84 valence electrons. The first-order valence-corrected chi connectivity index (χ1v) is 6.33. The van der Waals surface area contributed by atoms with Gasteiger partial charge in [0.05, 0.1) is 16.3 Å². The smallest absolute Gasteiger partial charge is 0.140 e. The van der Waals surface area contributed by atoms with Crippen LogP contribution in [0.5, 0.6) is 5.75 Å². The summed E-state index contributed by atoms with van der Waals surface area (Å²) in [6.07, 6.45) is 8.04. The molecule has 2 heterocycles. The van der Waals surface area contributed by atoms with E-state index in [4.69, 9.17) is 4.74 Å². The molecule has 0 unspecified atom stereocenters. The molecule has 2 aromatic heterocycles. The quantitative estimate of drug-likeness (QED) is 0.844. The molecule has 0 saturated heterocycles. The minimum Gasteiger partial charge on any atom is -0.489 e. The normalized spacial score (nSPS) is 16.4. The third kappa shape index (κ3) is 1.71. The topological polar surface area (TPSA) is 26.5 Å². The van der Waals surface area contributed by atoms with Gasteiger partial charge in [-0.1, -0.05) is 0 Å². The van der Waals surface area contributed by atoms with Crippen LogP contribution >= 0.6 is 15.9 Å². The summed E-state index contributed by atoms with van der Waals surface area (Å²) in [5, 5.41) is 0. The number of aryl methyl sites for hydroxylation is 1. The maximum Gasteiger partial charge on any atom is 0.140 e. The molecular weight excluding hydrogens is 268 g/mol. The number of hydrogen-bond acceptors (Lipinski definition) is 2. The van der Waals surface area contributed by atoms with Gasteiger partial charge >= 0.3 is 0 Å². The van der Waals surface area contributed by atoms with Gasteiger partial charge in [0.15, 0.2) is 0 Å². The van der Waals surface area contributed by atoms with Crippen molar-refractivity contribution >= 4 is 21.6 Å². The zero-order chi connectivity index (χ0) is 11.1. The molecule has 16 heavy (non-hydrogen) atoms. The monoisotopic (exact) mass is 280 g/mol. The molecule has 0 bridgehead atoms. The van der Waals surface area contributed by atoms with Crippen LogP contribution in [0.25, 0.3) is 5.65 Å². The van der Waals surface area contributed by atoms with Gasteiger partial charge < -0.3 is 9.14 Å². The molecule has 1 aliphatic rings. The Morgan fingerprint density at radius 2 is 2.25 bits per heavy atom. The molecule has 0 radical (unpaired) electrons. The average molecular weight is 281 g/mol. The number of halogens is 1. The minimum absolute atomic E-state index is 0.398. The van der Waals surface area contributed by atoms with E-state index in [-0.39, 0.29) is 0 Å². The lowest BCUT2D eigenvalue weighted by molar-refractivity contribution is 0.119. The van der Waals surface area contributed by atoms with Crippen LogP contribution in [0.2, 0.25) is 0 Å². The molecule has 0 spiro atoms. The predicted octanol–water partition coefficient (Wildman–Crippen LogP) is 3.34. The molecule has 1 aliphatic carbocycles. The molecule has 3 nitrogen and oxygen atoms in total. The van der Waals surface area contributed by atoms with E-state index < -0.39 is 0 Å². The van der Waals surface area contributed by atoms with E-state index in [1.807, 2.05) is 29.8 Å². The Kier molecular flexibility index (Phi) is 2.39. The molecule has 0 aromatic carbocycles. The Labute approximate surface area is 103 Å². The predicted molar refractivity (Wildman–Crippen MR) is 65.9 cm³/mol. The first-order valence-electron chi connectivity index (χ1n) is 5.54. The number of hydrogen-bond donors (Lipinski definition) is 0. The van der Waals surface area contributed by atoms with Crippen molar-refractivity contribution in [1.82, 2.24) is 9.38 Å². The zero-order valence-corrected chi connectivity index (χ0v) is 10.7. The SMILES string of the molecule is Cc1cn2cc(Br)c(OC3CCC3)cc2n1. The van der Waals surface area contributed by atoms with Crippen molar-refractivity contribution in [2.75, 3.05) is 0 Å². The Hall–Kier alpha value is -1.03. The number of imidazole rings is 1. The first-order chi connectivity index (χ1) is 7.72. The second-order valence-corrected chi connectivity index (χ2v) is 5.16. The van der Waals surface area contributed by atoms with Crippen molar-refractivity contribution in [3.63, 3.8) is 0 Å². The summed E-state index contributed by atoms with van der Waals surface area (Å²) in [4.78, 5) is 4.43. The molecule has 0 atom stereocenters. The number of fused-ring (bicyclic) bond motifs is 1. The Balaban J connectivity index is 1.99. The van der Waals surface area contributed by atoms with E-state index in [1.54, 1.807) is 0 Å². The van der Waals surface area contributed by atoms with Crippen molar-refractivity contribution in [2.24, 2.45) is 0 Å². The number of aromatic nitrogens is 2. The van der Waals surface area contributed by atoms with Crippen LogP contribution in [0, 0.1) is 6.92 Å². The second-order valence-electron chi connectivity index (χ2n) is 4.30. The van der Waals surface area contributed by atoms with Gasteiger partial charge in [-0.05, 0) is 42.1 Å². The van der Waals surface area contributed by atoms with Crippen LogP contribution in [-0.4, -0.2) is 15.5 Å². The van der Waals surface area contributed by atoms with Crippen LogP contribution in [0.3, 0.4) is 0 Å². The summed E-state index contributed by atoms with van der Waals surface area (Å²) in [5.41, 5.74) is 1.96. The van der Waals surface area contributed by atoms with Gasteiger partial charge in [-0.25, -0.2) is 4.98 Å². The molecule has 1 fully saturated rings. The summed E-state index contributed by atoms with van der Waals surface area (Å²) in [5.74, 6) is 0.905. The van der Waals surface area contributed by atoms with Crippen LogP contribution in [0.1, 0.15) is 25.0 Å². The fourth-order valence-electron chi connectivity index (χ4n) is 1.88. The van der Waals surface area contributed by atoms with Crippen LogP contribution in [-0.2, 0) is 0 Å². The average Bonchev–Trinajstić information content (AvgIpc) is 2.50. The highest BCUT2D eigenvalue weighted by atomic mass is 79.9. The van der Waals surface area contributed by atoms with Crippen molar-refractivity contribution in [2.45, 2.75) is 32.3 Å². The Morgan fingerprint density at radius 1 is 1.44 bits per heavy atom. The molecule has 0 N–H and O–H groups in total. The van der Waals surface area contributed by atoms with Gasteiger partial charge in [0, 0.05) is 18.5 Å². The highest BCUT2D eigenvalue weighted by Crippen LogP contribution is 2.31. The fourth-order valence-corrected chi connectivity index (χ4v) is 2.30. The van der Waals surface area contributed by atoms with Gasteiger partial charge in [0.25, 0.3) is 0 Å². The first kappa shape index (κ1) is 10.1.